The second kappa shape index (κ2) is 6.87. The molecule has 100 valence electrons. The zero-order valence-electron chi connectivity index (χ0n) is 11.2. The maximum absolute atomic E-state index is 5.71. The summed E-state index contributed by atoms with van der Waals surface area (Å²) in [4.78, 5) is 4.27. The van der Waals surface area contributed by atoms with Gasteiger partial charge in [0.1, 0.15) is 5.75 Å². The Morgan fingerprint density at radius 1 is 1.16 bits per heavy atom. The fourth-order valence-electron chi connectivity index (χ4n) is 1.77. The molecule has 4 heteroatoms. The number of ether oxygens (including phenoxy) is 2. The van der Waals surface area contributed by atoms with E-state index in [9.17, 15) is 0 Å². The van der Waals surface area contributed by atoms with E-state index in [4.69, 9.17) is 9.47 Å². The number of benzene rings is 1. The Balaban J connectivity index is 2.05. The molecule has 0 aliphatic heterocycles. The predicted molar refractivity (Wildman–Crippen MR) is 74.2 cm³/mol. The van der Waals surface area contributed by atoms with E-state index < -0.39 is 0 Å². The van der Waals surface area contributed by atoms with Crippen molar-refractivity contribution in [2.75, 3.05) is 14.2 Å². The number of pyridine rings is 1. The highest BCUT2D eigenvalue weighted by molar-refractivity contribution is 5.31. The number of hydrogen-bond donors (Lipinski definition) is 1. The minimum absolute atomic E-state index is 0.575. The van der Waals surface area contributed by atoms with E-state index in [1.807, 2.05) is 49.6 Å². The van der Waals surface area contributed by atoms with E-state index in [1.54, 1.807) is 7.11 Å². The Morgan fingerprint density at radius 2 is 2.05 bits per heavy atom. The van der Waals surface area contributed by atoms with Crippen LogP contribution in [-0.2, 0) is 17.9 Å². The van der Waals surface area contributed by atoms with Crippen LogP contribution in [0.3, 0.4) is 0 Å². The first-order valence-corrected chi connectivity index (χ1v) is 6.17. The summed E-state index contributed by atoms with van der Waals surface area (Å²) in [6.45, 7) is 1.38. The van der Waals surface area contributed by atoms with E-state index in [0.29, 0.717) is 12.5 Å². The summed E-state index contributed by atoms with van der Waals surface area (Å²) in [5.41, 5.74) is 2.20. The lowest BCUT2D eigenvalue weighted by Gasteiger charge is -2.07. The summed E-state index contributed by atoms with van der Waals surface area (Å²) in [5, 5.41) is 3.08. The van der Waals surface area contributed by atoms with Crippen molar-refractivity contribution in [2.24, 2.45) is 0 Å². The zero-order valence-corrected chi connectivity index (χ0v) is 11.2. The van der Waals surface area contributed by atoms with Crippen molar-refractivity contribution in [1.82, 2.24) is 10.3 Å². The third kappa shape index (κ3) is 4.05. The Morgan fingerprint density at radius 3 is 2.74 bits per heavy atom. The number of methoxy groups -OCH3 is 1. The molecule has 1 N–H and O–H groups in total. The van der Waals surface area contributed by atoms with Crippen LogP contribution >= 0.6 is 0 Å². The Kier molecular flexibility index (Phi) is 4.89. The summed E-state index contributed by atoms with van der Waals surface area (Å²) in [6, 6.07) is 11.7. The van der Waals surface area contributed by atoms with Crippen molar-refractivity contribution in [3.8, 4) is 11.6 Å². The standard InChI is InChI=1S/C15H18N2O2/c1-16-9-13-6-7-15(17-10-13)19-14-5-3-4-12(8-14)11-18-2/h3-8,10,16H,9,11H2,1-2H3. The topological polar surface area (TPSA) is 43.4 Å². The van der Waals surface area contributed by atoms with E-state index in [1.165, 1.54) is 0 Å². The SMILES string of the molecule is CNCc1ccc(Oc2cccc(COC)c2)nc1. The summed E-state index contributed by atoms with van der Waals surface area (Å²) in [5.74, 6) is 1.36. The third-order valence-electron chi connectivity index (χ3n) is 2.61. The second-order valence-electron chi connectivity index (χ2n) is 4.22. The molecule has 0 fully saturated rings. The Bertz CT molecular complexity index is 512. The van der Waals surface area contributed by atoms with Crippen LogP contribution in [0.25, 0.3) is 0 Å². The summed E-state index contributed by atoms with van der Waals surface area (Å²) < 4.78 is 10.8. The van der Waals surface area contributed by atoms with Crippen LogP contribution in [0.5, 0.6) is 11.6 Å². The molecule has 0 radical (unpaired) electrons. The molecule has 2 aromatic rings. The quantitative estimate of drug-likeness (QED) is 0.865. The highest BCUT2D eigenvalue weighted by Crippen LogP contribution is 2.20. The lowest BCUT2D eigenvalue weighted by molar-refractivity contribution is 0.184. The smallest absolute Gasteiger partial charge is 0.219 e. The van der Waals surface area contributed by atoms with Gasteiger partial charge in [-0.05, 0) is 30.3 Å². The molecule has 4 nitrogen and oxygen atoms in total. The first kappa shape index (κ1) is 13.5. The molecular weight excluding hydrogens is 240 g/mol. The molecule has 0 amide bonds. The van der Waals surface area contributed by atoms with Crippen molar-refractivity contribution in [2.45, 2.75) is 13.2 Å². The molecule has 1 heterocycles. The normalized spacial score (nSPS) is 10.4. The monoisotopic (exact) mass is 258 g/mol. The van der Waals surface area contributed by atoms with Gasteiger partial charge in [-0.15, -0.1) is 0 Å². The number of aromatic nitrogens is 1. The lowest BCUT2D eigenvalue weighted by atomic mass is 10.2. The Labute approximate surface area is 113 Å². The van der Waals surface area contributed by atoms with Crippen molar-refractivity contribution < 1.29 is 9.47 Å². The van der Waals surface area contributed by atoms with E-state index in [2.05, 4.69) is 10.3 Å². The molecule has 0 saturated carbocycles. The van der Waals surface area contributed by atoms with Gasteiger partial charge in [-0.3, -0.25) is 0 Å². The van der Waals surface area contributed by atoms with E-state index >= 15 is 0 Å². The molecule has 1 aromatic heterocycles. The second-order valence-corrected chi connectivity index (χ2v) is 4.22. The molecule has 2 rings (SSSR count). The molecule has 0 aliphatic carbocycles. The van der Waals surface area contributed by atoms with E-state index in [-0.39, 0.29) is 0 Å². The van der Waals surface area contributed by atoms with Gasteiger partial charge >= 0.3 is 0 Å². The predicted octanol–water partition coefficient (Wildman–Crippen LogP) is 2.74. The van der Waals surface area contributed by atoms with Gasteiger partial charge in [0.05, 0.1) is 6.61 Å². The maximum atomic E-state index is 5.71. The van der Waals surface area contributed by atoms with Gasteiger partial charge in [0, 0.05) is 25.9 Å². The van der Waals surface area contributed by atoms with Crippen molar-refractivity contribution >= 4 is 0 Å². The summed E-state index contributed by atoms with van der Waals surface area (Å²) in [7, 11) is 3.58. The number of rotatable bonds is 6. The van der Waals surface area contributed by atoms with Gasteiger partial charge in [0.25, 0.3) is 0 Å². The molecule has 1 aromatic carbocycles. The largest absolute Gasteiger partial charge is 0.439 e. The average molecular weight is 258 g/mol. The summed E-state index contributed by atoms with van der Waals surface area (Å²) >= 11 is 0. The first-order chi connectivity index (χ1) is 9.31. The van der Waals surface area contributed by atoms with Gasteiger partial charge < -0.3 is 14.8 Å². The number of nitrogens with zero attached hydrogens (tertiary/aromatic N) is 1. The number of nitrogens with one attached hydrogen (secondary N) is 1. The van der Waals surface area contributed by atoms with Crippen LogP contribution in [0, 0.1) is 0 Å². The molecule has 0 spiro atoms. The van der Waals surface area contributed by atoms with Gasteiger partial charge in [-0.1, -0.05) is 18.2 Å². The third-order valence-corrected chi connectivity index (χ3v) is 2.61. The minimum atomic E-state index is 0.575. The number of hydrogen-bond acceptors (Lipinski definition) is 4. The van der Waals surface area contributed by atoms with Crippen molar-refractivity contribution in [3.05, 3.63) is 53.7 Å². The van der Waals surface area contributed by atoms with Gasteiger partial charge in [0.15, 0.2) is 0 Å². The van der Waals surface area contributed by atoms with Gasteiger partial charge in [-0.2, -0.15) is 0 Å². The molecule has 0 saturated heterocycles. The Hall–Kier alpha value is -1.91. The summed E-state index contributed by atoms with van der Waals surface area (Å²) in [6.07, 6.45) is 1.81. The highest BCUT2D eigenvalue weighted by Gasteiger charge is 2.00. The maximum Gasteiger partial charge on any atom is 0.219 e. The molecule has 19 heavy (non-hydrogen) atoms. The van der Waals surface area contributed by atoms with Crippen LogP contribution in [0.4, 0.5) is 0 Å². The van der Waals surface area contributed by atoms with Crippen LogP contribution < -0.4 is 10.1 Å². The first-order valence-electron chi connectivity index (χ1n) is 6.17. The lowest BCUT2D eigenvalue weighted by Crippen LogP contribution is -2.05. The van der Waals surface area contributed by atoms with Gasteiger partial charge in [-0.25, -0.2) is 4.98 Å². The average Bonchev–Trinajstić information content (AvgIpc) is 2.42. The van der Waals surface area contributed by atoms with Crippen LogP contribution in [0.1, 0.15) is 11.1 Å². The van der Waals surface area contributed by atoms with Crippen LogP contribution in [-0.4, -0.2) is 19.1 Å². The minimum Gasteiger partial charge on any atom is -0.439 e. The van der Waals surface area contributed by atoms with E-state index in [0.717, 1.165) is 23.4 Å². The van der Waals surface area contributed by atoms with Crippen LogP contribution in [0.2, 0.25) is 0 Å². The van der Waals surface area contributed by atoms with Crippen molar-refractivity contribution in [3.63, 3.8) is 0 Å². The molecule has 0 unspecified atom stereocenters. The highest BCUT2D eigenvalue weighted by atomic mass is 16.5. The van der Waals surface area contributed by atoms with Gasteiger partial charge in [0.2, 0.25) is 5.88 Å². The fourth-order valence-corrected chi connectivity index (χ4v) is 1.77. The zero-order chi connectivity index (χ0) is 13.5. The van der Waals surface area contributed by atoms with Crippen LogP contribution in [0.15, 0.2) is 42.6 Å². The van der Waals surface area contributed by atoms with Crippen molar-refractivity contribution in [1.29, 1.82) is 0 Å². The molecular formula is C15H18N2O2. The molecule has 0 bridgehead atoms. The molecule has 0 atom stereocenters. The molecule has 0 aliphatic rings. The fraction of sp³-hybridized carbons (Fsp3) is 0.267.